The molecule has 8 heteroatoms. The van der Waals surface area contributed by atoms with Crippen LogP contribution < -0.4 is 5.32 Å². The number of hydrogen-bond donors (Lipinski definition) is 2. The molecule has 0 radical (unpaired) electrons. The van der Waals surface area contributed by atoms with E-state index in [0.717, 1.165) is 33.8 Å². The van der Waals surface area contributed by atoms with E-state index < -0.39 is 0 Å². The number of hydrogen-bond acceptors (Lipinski definition) is 4. The van der Waals surface area contributed by atoms with Gasteiger partial charge in [0.25, 0.3) is 0 Å². The zero-order valence-corrected chi connectivity index (χ0v) is 17.1. The van der Waals surface area contributed by atoms with Crippen LogP contribution in [0.1, 0.15) is 35.7 Å². The largest absolute Gasteiger partial charge is 0.383 e. The minimum absolute atomic E-state index is 0.160. The Balaban J connectivity index is 1.74. The van der Waals surface area contributed by atoms with Crippen LogP contribution in [0.3, 0.4) is 0 Å². The molecule has 0 aliphatic rings. The highest BCUT2D eigenvalue weighted by molar-refractivity contribution is 5.76. The first-order valence-corrected chi connectivity index (χ1v) is 9.38. The van der Waals surface area contributed by atoms with Gasteiger partial charge in [-0.3, -0.25) is 4.68 Å². The van der Waals surface area contributed by atoms with E-state index in [1.165, 1.54) is 0 Å². The molecule has 1 atom stereocenters. The van der Waals surface area contributed by atoms with Crippen LogP contribution in [0, 0.1) is 13.8 Å². The molecule has 2 N–H and O–H groups in total. The molecule has 8 nitrogen and oxygen atoms in total. The van der Waals surface area contributed by atoms with Crippen LogP contribution in [0.2, 0.25) is 0 Å². The smallest absolute Gasteiger partial charge is 0.318 e. The van der Waals surface area contributed by atoms with Crippen LogP contribution in [-0.2, 0) is 18.3 Å². The van der Waals surface area contributed by atoms with Gasteiger partial charge in [0.05, 0.1) is 35.9 Å². The number of benzene rings is 1. The van der Waals surface area contributed by atoms with Crippen LogP contribution in [-0.4, -0.2) is 50.9 Å². The van der Waals surface area contributed by atoms with Gasteiger partial charge in [-0.2, -0.15) is 5.10 Å². The van der Waals surface area contributed by atoms with Crippen LogP contribution in [0.5, 0.6) is 0 Å². The molecule has 1 unspecified atom stereocenters. The predicted molar refractivity (Wildman–Crippen MR) is 108 cm³/mol. The van der Waals surface area contributed by atoms with Crippen LogP contribution in [0.15, 0.2) is 24.3 Å². The molecule has 3 rings (SSSR count). The molecule has 0 aliphatic carbocycles. The van der Waals surface area contributed by atoms with Gasteiger partial charge in [-0.25, -0.2) is 9.78 Å². The van der Waals surface area contributed by atoms with E-state index in [-0.39, 0.29) is 12.1 Å². The number of aryl methyl sites for hydroxylation is 2. The minimum Gasteiger partial charge on any atom is -0.383 e. The number of fused-ring (bicyclic) bond motifs is 1. The van der Waals surface area contributed by atoms with Gasteiger partial charge in [0.15, 0.2) is 0 Å². The topological polar surface area (TPSA) is 88.1 Å². The lowest BCUT2D eigenvalue weighted by atomic mass is 10.2. The van der Waals surface area contributed by atoms with Crippen molar-refractivity contribution in [3.8, 4) is 0 Å². The number of carbonyl (C=O) groups is 1. The molecule has 0 aliphatic heterocycles. The van der Waals surface area contributed by atoms with Gasteiger partial charge in [-0.05, 0) is 32.9 Å². The number of H-pyrrole nitrogens is 1. The molecule has 0 saturated carbocycles. The van der Waals surface area contributed by atoms with Crippen molar-refractivity contribution in [2.24, 2.45) is 7.05 Å². The maximum absolute atomic E-state index is 13.0. The number of imidazole rings is 1. The van der Waals surface area contributed by atoms with Crippen molar-refractivity contribution in [2.45, 2.75) is 33.4 Å². The normalized spacial score (nSPS) is 12.3. The van der Waals surface area contributed by atoms with Gasteiger partial charge >= 0.3 is 6.03 Å². The summed E-state index contributed by atoms with van der Waals surface area (Å²) < 4.78 is 7.04. The van der Waals surface area contributed by atoms with Crippen molar-refractivity contribution < 1.29 is 9.53 Å². The molecule has 28 heavy (non-hydrogen) atoms. The third-order valence-electron chi connectivity index (χ3n) is 5.02. The number of rotatable bonds is 7. The second-order valence-electron chi connectivity index (χ2n) is 7.00. The van der Waals surface area contributed by atoms with E-state index in [1.54, 1.807) is 12.0 Å². The molecule has 2 heterocycles. The molecular formula is C20H28N6O2. The average molecular weight is 384 g/mol. The first-order chi connectivity index (χ1) is 13.4. The first-order valence-electron chi connectivity index (χ1n) is 9.38. The molecule has 0 bridgehead atoms. The van der Waals surface area contributed by atoms with Crippen molar-refractivity contribution in [1.82, 2.24) is 30.0 Å². The number of carbonyl (C=O) groups excluding carboxylic acids is 1. The summed E-state index contributed by atoms with van der Waals surface area (Å²) >= 11 is 0. The first kappa shape index (κ1) is 19.9. The minimum atomic E-state index is -0.249. The number of urea groups is 1. The van der Waals surface area contributed by atoms with Crippen LogP contribution >= 0.6 is 0 Å². The van der Waals surface area contributed by atoms with E-state index in [2.05, 4.69) is 20.4 Å². The molecule has 150 valence electrons. The van der Waals surface area contributed by atoms with Gasteiger partial charge in [0.1, 0.15) is 5.82 Å². The van der Waals surface area contributed by atoms with Gasteiger partial charge in [0.2, 0.25) is 0 Å². The zero-order chi connectivity index (χ0) is 20.3. The number of nitrogens with one attached hydrogen (secondary N) is 2. The third-order valence-corrected chi connectivity index (χ3v) is 5.02. The van der Waals surface area contributed by atoms with E-state index in [4.69, 9.17) is 4.74 Å². The van der Waals surface area contributed by atoms with Crippen molar-refractivity contribution in [3.63, 3.8) is 0 Å². The predicted octanol–water partition coefficient (Wildman–Crippen LogP) is 2.83. The maximum atomic E-state index is 13.0. The summed E-state index contributed by atoms with van der Waals surface area (Å²) in [5.74, 6) is 0.731. The highest BCUT2D eigenvalue weighted by atomic mass is 16.5. The van der Waals surface area contributed by atoms with E-state index in [9.17, 15) is 4.79 Å². The molecule has 3 aromatic rings. The van der Waals surface area contributed by atoms with Gasteiger partial charge < -0.3 is 19.9 Å². The fourth-order valence-corrected chi connectivity index (χ4v) is 3.21. The van der Waals surface area contributed by atoms with E-state index in [1.807, 2.05) is 56.8 Å². The monoisotopic (exact) mass is 384 g/mol. The van der Waals surface area contributed by atoms with Crippen molar-refractivity contribution in [2.75, 3.05) is 20.3 Å². The highest BCUT2D eigenvalue weighted by Gasteiger charge is 2.21. The molecule has 2 aromatic heterocycles. The Morgan fingerprint density at radius 1 is 1.36 bits per heavy atom. The van der Waals surface area contributed by atoms with Gasteiger partial charge in [0, 0.05) is 32.0 Å². The second kappa shape index (κ2) is 8.43. The number of para-hydroxylation sites is 2. The number of nitrogens with zero attached hydrogens (tertiary/aromatic N) is 4. The molecular weight excluding hydrogens is 356 g/mol. The van der Waals surface area contributed by atoms with Crippen LogP contribution in [0.4, 0.5) is 4.79 Å². The van der Waals surface area contributed by atoms with Crippen molar-refractivity contribution >= 4 is 17.1 Å². The van der Waals surface area contributed by atoms with E-state index >= 15 is 0 Å². The Labute approximate surface area is 164 Å². The lowest BCUT2D eigenvalue weighted by molar-refractivity contribution is 0.144. The number of amides is 2. The molecule has 1 aromatic carbocycles. The summed E-state index contributed by atoms with van der Waals surface area (Å²) in [6.45, 7) is 7.33. The van der Waals surface area contributed by atoms with E-state index in [0.29, 0.717) is 19.7 Å². The summed E-state index contributed by atoms with van der Waals surface area (Å²) in [7, 11) is 3.54. The fraction of sp³-hybridized carbons (Fsp3) is 0.450. The second-order valence-corrected chi connectivity index (χ2v) is 7.00. The molecule has 0 saturated heterocycles. The maximum Gasteiger partial charge on any atom is 0.318 e. The molecule has 0 fully saturated rings. The lowest BCUT2D eigenvalue weighted by Gasteiger charge is -2.25. The number of ether oxygens (including phenoxy) is 1. The summed E-state index contributed by atoms with van der Waals surface area (Å²) in [5, 5.41) is 7.49. The Morgan fingerprint density at radius 2 is 2.11 bits per heavy atom. The Bertz CT molecular complexity index is 928. The summed E-state index contributed by atoms with van der Waals surface area (Å²) in [5.41, 5.74) is 4.89. The third kappa shape index (κ3) is 4.17. The lowest BCUT2D eigenvalue weighted by Crippen LogP contribution is -2.42. The van der Waals surface area contributed by atoms with Crippen molar-refractivity contribution in [3.05, 3.63) is 47.0 Å². The summed E-state index contributed by atoms with van der Waals surface area (Å²) in [4.78, 5) is 22.6. The Hall–Kier alpha value is -2.87. The Morgan fingerprint density at radius 3 is 2.75 bits per heavy atom. The van der Waals surface area contributed by atoms with Crippen molar-refractivity contribution in [1.29, 1.82) is 0 Å². The Kier molecular flexibility index (Phi) is 5.99. The zero-order valence-electron chi connectivity index (χ0n) is 17.1. The van der Waals surface area contributed by atoms with Crippen LogP contribution in [0.25, 0.3) is 11.0 Å². The van der Waals surface area contributed by atoms with Gasteiger partial charge in [-0.1, -0.05) is 12.1 Å². The summed E-state index contributed by atoms with van der Waals surface area (Å²) in [6, 6.07) is 7.41. The average Bonchev–Trinajstić information content (AvgIpc) is 3.20. The highest BCUT2D eigenvalue weighted by Crippen LogP contribution is 2.18. The van der Waals surface area contributed by atoms with Gasteiger partial charge in [-0.15, -0.1) is 0 Å². The molecule has 2 amide bonds. The number of aromatic nitrogens is 4. The standard InChI is InChI=1S/C20H28N6O2/c1-13-16(15(3)25(4)24-13)12-26(10-11-28-5)20(27)21-14(2)19-22-17-8-6-7-9-18(17)23-19/h6-9,14H,10-12H2,1-5H3,(H,21,27)(H,22,23). The SMILES string of the molecule is COCCN(Cc1c(C)nn(C)c1C)C(=O)NC(C)c1nc2ccccc2[nH]1. The quantitative estimate of drug-likeness (QED) is 0.656. The summed E-state index contributed by atoms with van der Waals surface area (Å²) in [6.07, 6.45) is 0. The number of methoxy groups -OCH3 is 1. The molecule has 0 spiro atoms. The number of aromatic amines is 1. The fourth-order valence-electron chi connectivity index (χ4n) is 3.21.